The van der Waals surface area contributed by atoms with Crippen LogP contribution in [-0.2, 0) is 0 Å². The zero-order chi connectivity index (χ0) is 19.6. The molecule has 138 valence electrons. The van der Waals surface area contributed by atoms with Crippen molar-refractivity contribution in [3.63, 3.8) is 0 Å². The molecule has 3 aromatic rings. The largest absolute Gasteiger partial charge is 0.315 e. The number of para-hydroxylation sites is 1. The van der Waals surface area contributed by atoms with Gasteiger partial charge in [-0.05, 0) is 44.2 Å². The summed E-state index contributed by atoms with van der Waals surface area (Å²) in [5.74, 6) is -2.47. The van der Waals surface area contributed by atoms with E-state index in [-0.39, 0.29) is 11.1 Å². The summed E-state index contributed by atoms with van der Waals surface area (Å²) in [6.07, 6.45) is 0. The summed E-state index contributed by atoms with van der Waals surface area (Å²) in [6, 6.07) is 13.3. The molecule has 0 aliphatic rings. The minimum absolute atomic E-state index is 0.186. The van der Waals surface area contributed by atoms with E-state index < -0.39 is 23.4 Å². The van der Waals surface area contributed by atoms with Gasteiger partial charge in [0.2, 0.25) is 0 Å². The van der Waals surface area contributed by atoms with Crippen molar-refractivity contribution >= 4 is 11.8 Å². The van der Waals surface area contributed by atoms with Gasteiger partial charge in [0.1, 0.15) is 11.6 Å². The summed E-state index contributed by atoms with van der Waals surface area (Å²) in [6.45, 7) is 3.42. The molecule has 0 unspecified atom stereocenters. The minimum Gasteiger partial charge on any atom is -0.315 e. The molecule has 0 atom stereocenters. The van der Waals surface area contributed by atoms with Gasteiger partial charge in [0.25, 0.3) is 11.8 Å². The number of carbonyl (C=O) groups excluding carboxylic acids is 2. The molecule has 0 aliphatic heterocycles. The van der Waals surface area contributed by atoms with Crippen molar-refractivity contribution < 1.29 is 18.4 Å². The first-order chi connectivity index (χ1) is 12.9. The van der Waals surface area contributed by atoms with Crippen LogP contribution in [0.25, 0.3) is 5.69 Å². The molecule has 3 rings (SSSR count). The van der Waals surface area contributed by atoms with E-state index in [1.54, 1.807) is 42.7 Å². The maximum atomic E-state index is 14.1. The lowest BCUT2D eigenvalue weighted by atomic mass is 10.2. The van der Waals surface area contributed by atoms with Gasteiger partial charge in [-0.15, -0.1) is 0 Å². The molecule has 1 aromatic heterocycles. The third kappa shape index (κ3) is 3.57. The van der Waals surface area contributed by atoms with Gasteiger partial charge in [0, 0.05) is 11.4 Å². The minimum atomic E-state index is -0.774. The number of hydrogen-bond donors (Lipinski definition) is 2. The summed E-state index contributed by atoms with van der Waals surface area (Å²) in [5.41, 5.74) is 6.01. The van der Waals surface area contributed by atoms with Crippen LogP contribution < -0.4 is 10.9 Å². The van der Waals surface area contributed by atoms with Crippen molar-refractivity contribution in [3.05, 3.63) is 88.7 Å². The van der Waals surface area contributed by atoms with Crippen LogP contribution in [0.1, 0.15) is 32.1 Å². The van der Waals surface area contributed by atoms with Gasteiger partial charge >= 0.3 is 0 Å². The van der Waals surface area contributed by atoms with E-state index in [1.165, 1.54) is 24.3 Å². The number of nitrogens with zero attached hydrogens (tertiary/aromatic N) is 1. The predicted molar refractivity (Wildman–Crippen MR) is 96.5 cm³/mol. The van der Waals surface area contributed by atoms with E-state index in [4.69, 9.17) is 0 Å². The Hall–Kier alpha value is -3.48. The van der Waals surface area contributed by atoms with Gasteiger partial charge in [-0.1, -0.05) is 24.3 Å². The second-order valence-corrected chi connectivity index (χ2v) is 5.96. The molecule has 0 spiro atoms. The van der Waals surface area contributed by atoms with Crippen LogP contribution in [0, 0.1) is 25.5 Å². The van der Waals surface area contributed by atoms with Crippen molar-refractivity contribution in [2.45, 2.75) is 13.8 Å². The summed E-state index contributed by atoms with van der Waals surface area (Å²) < 4.78 is 29.3. The first kappa shape index (κ1) is 18.3. The van der Waals surface area contributed by atoms with Gasteiger partial charge < -0.3 is 4.57 Å². The number of aromatic nitrogens is 1. The summed E-state index contributed by atoms with van der Waals surface area (Å²) in [4.78, 5) is 24.4. The zero-order valence-electron chi connectivity index (χ0n) is 14.7. The second kappa shape index (κ2) is 7.41. The van der Waals surface area contributed by atoms with Crippen LogP contribution in [-0.4, -0.2) is 16.4 Å². The molecule has 0 saturated carbocycles. The molecular formula is C20H17F2N3O2. The van der Waals surface area contributed by atoms with Crippen molar-refractivity contribution in [1.82, 2.24) is 15.4 Å². The average Bonchev–Trinajstić information content (AvgIpc) is 2.95. The molecule has 0 bridgehead atoms. The topological polar surface area (TPSA) is 63.1 Å². The van der Waals surface area contributed by atoms with Crippen molar-refractivity contribution in [2.24, 2.45) is 0 Å². The fraction of sp³-hybridized carbons (Fsp3) is 0.100. The standard InChI is InChI=1S/C20H17F2N3O2/c1-12-11-15(13(2)25(12)18-10-6-5-9-17(18)22)20(27)24-23-19(26)14-7-3-4-8-16(14)21/h3-11H,1-2H3,(H,23,26)(H,24,27). The third-order valence-electron chi connectivity index (χ3n) is 4.18. The second-order valence-electron chi connectivity index (χ2n) is 5.96. The number of carbonyl (C=O) groups is 2. The number of rotatable bonds is 3. The highest BCUT2D eigenvalue weighted by Gasteiger charge is 2.19. The molecule has 5 nitrogen and oxygen atoms in total. The fourth-order valence-corrected chi connectivity index (χ4v) is 2.89. The molecule has 1 heterocycles. The summed E-state index contributed by atoms with van der Waals surface area (Å²) in [5, 5.41) is 0. The smallest absolute Gasteiger partial charge is 0.272 e. The molecular weight excluding hydrogens is 352 g/mol. The van der Waals surface area contributed by atoms with Crippen LogP contribution >= 0.6 is 0 Å². The predicted octanol–water partition coefficient (Wildman–Crippen LogP) is 3.45. The Labute approximate surface area is 154 Å². The van der Waals surface area contributed by atoms with Crippen molar-refractivity contribution in [2.75, 3.05) is 0 Å². The lowest BCUT2D eigenvalue weighted by Gasteiger charge is -2.11. The highest BCUT2D eigenvalue weighted by molar-refractivity contribution is 6.00. The number of aryl methyl sites for hydroxylation is 1. The lowest BCUT2D eigenvalue weighted by molar-refractivity contribution is 0.0844. The molecule has 0 saturated heterocycles. The van der Waals surface area contributed by atoms with E-state index in [0.29, 0.717) is 17.1 Å². The summed E-state index contributed by atoms with van der Waals surface area (Å²) >= 11 is 0. The Morgan fingerprint density at radius 3 is 2.00 bits per heavy atom. The van der Waals surface area contributed by atoms with E-state index >= 15 is 0 Å². The van der Waals surface area contributed by atoms with E-state index in [0.717, 1.165) is 6.07 Å². The Morgan fingerprint density at radius 2 is 1.37 bits per heavy atom. The Bertz CT molecular complexity index is 1030. The van der Waals surface area contributed by atoms with Crippen LogP contribution in [0.5, 0.6) is 0 Å². The highest BCUT2D eigenvalue weighted by Crippen LogP contribution is 2.22. The summed E-state index contributed by atoms with van der Waals surface area (Å²) in [7, 11) is 0. The third-order valence-corrected chi connectivity index (χ3v) is 4.18. The normalized spacial score (nSPS) is 10.5. The van der Waals surface area contributed by atoms with Gasteiger partial charge in [0.15, 0.2) is 0 Å². The van der Waals surface area contributed by atoms with E-state index in [2.05, 4.69) is 10.9 Å². The molecule has 0 aliphatic carbocycles. The molecule has 0 radical (unpaired) electrons. The van der Waals surface area contributed by atoms with Crippen molar-refractivity contribution in [1.29, 1.82) is 0 Å². The highest BCUT2D eigenvalue weighted by atomic mass is 19.1. The number of amides is 2. The van der Waals surface area contributed by atoms with E-state index in [1.807, 2.05) is 0 Å². The van der Waals surface area contributed by atoms with Gasteiger partial charge in [0.05, 0.1) is 16.8 Å². The first-order valence-electron chi connectivity index (χ1n) is 8.19. The lowest BCUT2D eigenvalue weighted by Crippen LogP contribution is -2.42. The fourth-order valence-electron chi connectivity index (χ4n) is 2.89. The number of hydrogen-bond acceptors (Lipinski definition) is 2. The van der Waals surface area contributed by atoms with Gasteiger partial charge in [-0.3, -0.25) is 20.4 Å². The number of nitrogens with one attached hydrogen (secondary N) is 2. The molecule has 2 amide bonds. The first-order valence-corrected chi connectivity index (χ1v) is 8.19. The monoisotopic (exact) mass is 369 g/mol. The number of benzene rings is 2. The molecule has 27 heavy (non-hydrogen) atoms. The zero-order valence-corrected chi connectivity index (χ0v) is 14.7. The Balaban J connectivity index is 1.80. The maximum Gasteiger partial charge on any atom is 0.272 e. The van der Waals surface area contributed by atoms with Gasteiger partial charge in [-0.2, -0.15) is 0 Å². The van der Waals surface area contributed by atoms with Crippen LogP contribution in [0.4, 0.5) is 8.78 Å². The number of halogens is 2. The average molecular weight is 369 g/mol. The van der Waals surface area contributed by atoms with Crippen LogP contribution in [0.15, 0.2) is 54.6 Å². The number of hydrazine groups is 1. The van der Waals surface area contributed by atoms with Crippen molar-refractivity contribution in [3.8, 4) is 5.69 Å². The molecule has 0 fully saturated rings. The quantitative estimate of drug-likeness (QED) is 0.695. The molecule has 2 aromatic carbocycles. The van der Waals surface area contributed by atoms with Crippen LogP contribution in [0.2, 0.25) is 0 Å². The Kier molecular flexibility index (Phi) is 5.03. The molecule has 7 heteroatoms. The molecule has 2 N–H and O–H groups in total. The SMILES string of the molecule is Cc1cc(C(=O)NNC(=O)c2ccccc2F)c(C)n1-c1ccccc1F. The Morgan fingerprint density at radius 1 is 0.815 bits per heavy atom. The van der Waals surface area contributed by atoms with Crippen LogP contribution in [0.3, 0.4) is 0 Å². The van der Waals surface area contributed by atoms with Gasteiger partial charge in [-0.25, -0.2) is 8.78 Å². The maximum absolute atomic E-state index is 14.1. The van der Waals surface area contributed by atoms with E-state index in [9.17, 15) is 18.4 Å².